The summed E-state index contributed by atoms with van der Waals surface area (Å²) in [6.07, 6.45) is 0. The molecule has 3 rings (SSSR count). The number of carbonyl (C=O) groups is 2. The molecule has 1 unspecified atom stereocenters. The summed E-state index contributed by atoms with van der Waals surface area (Å²) in [6, 6.07) is 14.8. The summed E-state index contributed by atoms with van der Waals surface area (Å²) in [7, 11) is -3.61. The summed E-state index contributed by atoms with van der Waals surface area (Å²) in [5, 5.41) is 8.48. The maximum Gasteiger partial charge on any atom is 0.247 e. The maximum atomic E-state index is 14.4. The lowest BCUT2D eigenvalue weighted by Crippen LogP contribution is -2.33. The normalized spacial score (nSPS) is 11.9. The zero-order valence-corrected chi connectivity index (χ0v) is 22.9. The average molecular weight is 557 g/mol. The van der Waals surface area contributed by atoms with E-state index >= 15 is 0 Å². The van der Waals surface area contributed by atoms with Gasteiger partial charge in [0.2, 0.25) is 11.8 Å². The average Bonchev–Trinajstić information content (AvgIpc) is 2.90. The van der Waals surface area contributed by atoms with E-state index in [2.05, 4.69) is 16.0 Å². The molecule has 3 aromatic rings. The lowest BCUT2D eigenvalue weighted by molar-refractivity contribution is -0.122. The highest BCUT2D eigenvalue weighted by molar-refractivity contribution is 7.91. The molecule has 0 radical (unpaired) electrons. The fourth-order valence-corrected chi connectivity index (χ4v) is 5.08. The number of halogens is 1. The molecule has 0 aliphatic heterocycles. The van der Waals surface area contributed by atoms with Crippen LogP contribution >= 0.6 is 0 Å². The van der Waals surface area contributed by atoms with Crippen LogP contribution in [0.3, 0.4) is 0 Å². The van der Waals surface area contributed by atoms with Gasteiger partial charge in [-0.25, -0.2) is 12.8 Å². The SMILES string of the molecule is CCOc1cccc(C(Nc2ccc(CN)c(F)c2)C(=O)NCc2cc(NC(C)=O)ccc2S(=O)(=O)CC)c1. The molecule has 5 N–H and O–H groups in total. The van der Waals surface area contributed by atoms with Crippen molar-refractivity contribution >= 4 is 33.0 Å². The van der Waals surface area contributed by atoms with Crippen LogP contribution in [0.15, 0.2) is 65.6 Å². The van der Waals surface area contributed by atoms with Gasteiger partial charge in [0.05, 0.1) is 17.3 Å². The highest BCUT2D eigenvalue weighted by Gasteiger charge is 2.23. The van der Waals surface area contributed by atoms with Gasteiger partial charge in [0.15, 0.2) is 9.84 Å². The minimum absolute atomic E-state index is 0.0347. The first-order valence-electron chi connectivity index (χ1n) is 12.5. The second kappa shape index (κ2) is 13.2. The number of nitrogens with two attached hydrogens (primary N) is 1. The van der Waals surface area contributed by atoms with Gasteiger partial charge in [-0.15, -0.1) is 0 Å². The largest absolute Gasteiger partial charge is 0.494 e. The highest BCUT2D eigenvalue weighted by Crippen LogP contribution is 2.26. The second-order valence-corrected chi connectivity index (χ2v) is 11.0. The van der Waals surface area contributed by atoms with Crippen molar-refractivity contribution in [3.05, 3.63) is 83.2 Å². The van der Waals surface area contributed by atoms with Crippen LogP contribution in [0, 0.1) is 5.82 Å². The molecular formula is C28H33FN4O5S. The van der Waals surface area contributed by atoms with E-state index in [0.717, 1.165) is 0 Å². The first-order valence-corrected chi connectivity index (χ1v) is 14.1. The first-order chi connectivity index (χ1) is 18.6. The quantitative estimate of drug-likeness (QED) is 0.265. The minimum Gasteiger partial charge on any atom is -0.494 e. The topological polar surface area (TPSA) is 140 Å². The maximum absolute atomic E-state index is 14.4. The van der Waals surface area contributed by atoms with Crippen LogP contribution in [-0.4, -0.2) is 32.6 Å². The summed E-state index contributed by atoms with van der Waals surface area (Å²) in [5.41, 5.74) is 7.53. The molecule has 9 nitrogen and oxygen atoms in total. The monoisotopic (exact) mass is 556 g/mol. The van der Waals surface area contributed by atoms with Crippen LogP contribution < -0.4 is 26.4 Å². The van der Waals surface area contributed by atoms with Gasteiger partial charge in [-0.1, -0.05) is 25.1 Å². The molecule has 3 aromatic carbocycles. The molecule has 0 heterocycles. The molecule has 39 heavy (non-hydrogen) atoms. The molecule has 0 spiro atoms. The molecule has 2 amide bonds. The predicted molar refractivity (Wildman–Crippen MR) is 149 cm³/mol. The number of ether oxygens (including phenoxy) is 1. The molecule has 0 saturated heterocycles. The van der Waals surface area contributed by atoms with E-state index in [0.29, 0.717) is 40.4 Å². The Kier molecular flexibility index (Phi) is 10.0. The van der Waals surface area contributed by atoms with Gasteiger partial charge in [0.1, 0.15) is 17.6 Å². The van der Waals surface area contributed by atoms with Crippen molar-refractivity contribution in [2.45, 2.75) is 44.8 Å². The molecule has 208 valence electrons. The smallest absolute Gasteiger partial charge is 0.247 e. The van der Waals surface area contributed by atoms with E-state index in [9.17, 15) is 22.4 Å². The van der Waals surface area contributed by atoms with Crippen LogP contribution in [-0.2, 0) is 32.5 Å². The predicted octanol–water partition coefficient (Wildman–Crippen LogP) is 3.90. The Hall–Kier alpha value is -3.96. The van der Waals surface area contributed by atoms with E-state index in [1.54, 1.807) is 36.4 Å². The Bertz CT molecular complexity index is 1450. The van der Waals surface area contributed by atoms with Gasteiger partial charge >= 0.3 is 0 Å². The van der Waals surface area contributed by atoms with E-state index in [1.807, 2.05) is 6.92 Å². The molecule has 1 atom stereocenters. The fraction of sp³-hybridized carbons (Fsp3) is 0.286. The van der Waals surface area contributed by atoms with Crippen molar-refractivity contribution in [3.8, 4) is 5.75 Å². The molecule has 0 aliphatic carbocycles. The van der Waals surface area contributed by atoms with Gasteiger partial charge in [-0.05, 0) is 60.5 Å². The number of anilines is 2. The number of rotatable bonds is 12. The van der Waals surface area contributed by atoms with Crippen molar-refractivity contribution < 1.29 is 27.1 Å². The summed E-state index contributed by atoms with van der Waals surface area (Å²) < 4.78 is 45.4. The Morgan fingerprint density at radius 3 is 2.38 bits per heavy atom. The third-order valence-corrected chi connectivity index (χ3v) is 7.73. The molecule has 11 heteroatoms. The van der Waals surface area contributed by atoms with Gasteiger partial charge in [-0.2, -0.15) is 0 Å². The standard InChI is InChI=1S/C28H33FN4O5S/c1-4-38-24-8-6-7-19(14-24)27(33-23-10-9-20(16-30)25(29)15-23)28(35)31-17-21-13-22(32-18(3)34)11-12-26(21)39(36,37)5-2/h6-15,27,33H,4-5,16-17,30H2,1-3H3,(H,31,35)(H,32,34). The van der Waals surface area contributed by atoms with Crippen molar-refractivity contribution in [2.24, 2.45) is 5.73 Å². The summed E-state index contributed by atoms with van der Waals surface area (Å²) >= 11 is 0. The Morgan fingerprint density at radius 1 is 1.00 bits per heavy atom. The van der Waals surface area contributed by atoms with Gasteiger partial charge < -0.3 is 26.4 Å². The lowest BCUT2D eigenvalue weighted by Gasteiger charge is -2.22. The Labute approximate surface area is 227 Å². The third kappa shape index (κ3) is 7.78. The van der Waals surface area contributed by atoms with Crippen LogP contribution in [0.25, 0.3) is 0 Å². The summed E-state index contributed by atoms with van der Waals surface area (Å²) in [5.74, 6) is -0.890. The molecule has 0 saturated carbocycles. The van der Waals surface area contributed by atoms with Gasteiger partial charge in [0.25, 0.3) is 0 Å². The van der Waals surface area contributed by atoms with Crippen molar-refractivity contribution in [2.75, 3.05) is 23.0 Å². The molecule has 0 aliphatic rings. The zero-order chi connectivity index (χ0) is 28.6. The minimum atomic E-state index is -3.61. The Balaban J connectivity index is 1.95. The van der Waals surface area contributed by atoms with E-state index in [-0.39, 0.29) is 29.6 Å². The lowest BCUT2D eigenvalue weighted by atomic mass is 10.0. The first kappa shape index (κ1) is 29.6. The number of amides is 2. The van der Waals surface area contributed by atoms with E-state index in [4.69, 9.17) is 10.5 Å². The molecule has 0 fully saturated rings. The second-order valence-electron chi connectivity index (χ2n) is 8.72. The number of hydrogen-bond donors (Lipinski definition) is 4. The summed E-state index contributed by atoms with van der Waals surface area (Å²) in [4.78, 5) is 25.1. The number of hydrogen-bond acceptors (Lipinski definition) is 7. The zero-order valence-electron chi connectivity index (χ0n) is 22.1. The highest BCUT2D eigenvalue weighted by atomic mass is 32.2. The van der Waals surface area contributed by atoms with Gasteiger partial charge in [-0.3, -0.25) is 9.59 Å². The number of carbonyl (C=O) groups excluding carboxylic acids is 2. The fourth-order valence-electron chi connectivity index (χ4n) is 3.96. The molecular weight excluding hydrogens is 523 g/mol. The van der Waals surface area contributed by atoms with Crippen LogP contribution in [0.1, 0.15) is 43.5 Å². The molecule has 0 aromatic heterocycles. The van der Waals surface area contributed by atoms with Gasteiger partial charge in [0, 0.05) is 37.0 Å². The van der Waals surface area contributed by atoms with Crippen LogP contribution in [0.2, 0.25) is 0 Å². The number of benzene rings is 3. The van der Waals surface area contributed by atoms with Crippen molar-refractivity contribution in [1.82, 2.24) is 5.32 Å². The van der Waals surface area contributed by atoms with Crippen LogP contribution in [0.4, 0.5) is 15.8 Å². The Morgan fingerprint density at radius 2 is 1.74 bits per heavy atom. The number of nitrogens with one attached hydrogen (secondary N) is 3. The van der Waals surface area contributed by atoms with E-state index < -0.39 is 27.6 Å². The number of sulfone groups is 1. The van der Waals surface area contributed by atoms with Crippen LogP contribution in [0.5, 0.6) is 5.75 Å². The van der Waals surface area contributed by atoms with Crippen molar-refractivity contribution in [1.29, 1.82) is 0 Å². The summed E-state index contributed by atoms with van der Waals surface area (Å²) in [6.45, 7) is 5.04. The van der Waals surface area contributed by atoms with E-state index in [1.165, 1.54) is 38.1 Å². The van der Waals surface area contributed by atoms with Crippen molar-refractivity contribution in [3.63, 3.8) is 0 Å². The molecule has 0 bridgehead atoms. The third-order valence-electron chi connectivity index (χ3n) is 5.90.